The molecule has 2 aliphatic rings. The van der Waals surface area contributed by atoms with Gasteiger partial charge in [-0.3, -0.25) is 0 Å². The number of hydrogen-bond acceptors (Lipinski definition) is 3. The third-order valence-corrected chi connectivity index (χ3v) is 5.39. The van der Waals surface area contributed by atoms with E-state index in [1.54, 1.807) is 0 Å². The Hall–Kier alpha value is -0.120. The molecule has 2 unspecified atom stereocenters. The van der Waals surface area contributed by atoms with Crippen LogP contribution in [0.1, 0.15) is 47.0 Å². The first-order valence-corrected chi connectivity index (χ1v) is 8.75. The number of nitrogens with one attached hydrogen (secondary N) is 1. The van der Waals surface area contributed by atoms with Gasteiger partial charge in [-0.05, 0) is 43.7 Å². The first-order chi connectivity index (χ1) is 9.56. The van der Waals surface area contributed by atoms with Crippen LogP contribution in [0.15, 0.2) is 0 Å². The van der Waals surface area contributed by atoms with Crippen LogP contribution in [0.5, 0.6) is 0 Å². The van der Waals surface area contributed by atoms with Gasteiger partial charge in [0.15, 0.2) is 0 Å². The highest BCUT2D eigenvalue weighted by Crippen LogP contribution is 2.41. The van der Waals surface area contributed by atoms with E-state index in [2.05, 4.69) is 42.8 Å². The van der Waals surface area contributed by atoms with Crippen LogP contribution in [0.2, 0.25) is 0 Å². The summed E-state index contributed by atoms with van der Waals surface area (Å²) in [5, 5.41) is 3.77. The highest BCUT2D eigenvalue weighted by molar-refractivity contribution is 4.97. The van der Waals surface area contributed by atoms with E-state index in [1.807, 2.05) is 0 Å². The molecule has 1 heterocycles. The lowest BCUT2D eigenvalue weighted by atomic mass is 9.84. The normalized spacial score (nSPS) is 31.8. The van der Waals surface area contributed by atoms with Crippen molar-refractivity contribution in [3.05, 3.63) is 0 Å². The van der Waals surface area contributed by atoms with Crippen molar-refractivity contribution in [2.75, 3.05) is 45.8 Å². The Morgan fingerprint density at radius 1 is 1.05 bits per heavy atom. The van der Waals surface area contributed by atoms with E-state index in [9.17, 15) is 0 Å². The van der Waals surface area contributed by atoms with E-state index >= 15 is 0 Å². The molecule has 0 aromatic rings. The van der Waals surface area contributed by atoms with E-state index in [-0.39, 0.29) is 0 Å². The molecule has 1 saturated heterocycles. The zero-order chi connectivity index (χ0) is 14.6. The Kier molecular flexibility index (Phi) is 5.88. The van der Waals surface area contributed by atoms with Crippen molar-refractivity contribution >= 4 is 0 Å². The van der Waals surface area contributed by atoms with E-state index in [0.29, 0.717) is 11.5 Å². The fourth-order valence-electron chi connectivity index (χ4n) is 4.22. The molecule has 118 valence electrons. The minimum atomic E-state index is 0.477. The van der Waals surface area contributed by atoms with Gasteiger partial charge in [-0.25, -0.2) is 0 Å². The van der Waals surface area contributed by atoms with Crippen molar-refractivity contribution in [2.45, 2.75) is 53.0 Å². The molecule has 0 amide bonds. The number of nitrogens with zero attached hydrogens (tertiary/aromatic N) is 2. The number of hydrogen-bond donors (Lipinski definition) is 1. The zero-order valence-corrected chi connectivity index (χ0v) is 14.1. The highest BCUT2D eigenvalue weighted by Gasteiger charge is 2.41. The van der Waals surface area contributed by atoms with Crippen LogP contribution in [-0.4, -0.2) is 61.7 Å². The largest absolute Gasteiger partial charge is 0.313 e. The average Bonchev–Trinajstić information content (AvgIpc) is 2.69. The van der Waals surface area contributed by atoms with Crippen molar-refractivity contribution in [2.24, 2.45) is 11.3 Å². The van der Waals surface area contributed by atoms with Gasteiger partial charge in [0.2, 0.25) is 0 Å². The molecule has 3 nitrogen and oxygen atoms in total. The molecular weight excluding hydrogens is 246 g/mol. The fraction of sp³-hybridized carbons (Fsp3) is 1.00. The predicted octanol–water partition coefficient (Wildman–Crippen LogP) is 2.43. The van der Waals surface area contributed by atoms with Gasteiger partial charge in [-0.1, -0.05) is 27.7 Å². The van der Waals surface area contributed by atoms with E-state index in [1.165, 1.54) is 58.5 Å². The van der Waals surface area contributed by atoms with Gasteiger partial charge in [0, 0.05) is 38.8 Å². The molecule has 1 aliphatic carbocycles. The van der Waals surface area contributed by atoms with Crippen LogP contribution in [0.25, 0.3) is 0 Å². The lowest BCUT2D eigenvalue weighted by molar-refractivity contribution is 0.108. The van der Waals surface area contributed by atoms with Crippen molar-refractivity contribution in [3.8, 4) is 0 Å². The Bertz CT molecular complexity index is 282. The fourth-order valence-corrected chi connectivity index (χ4v) is 4.22. The van der Waals surface area contributed by atoms with Crippen molar-refractivity contribution in [1.29, 1.82) is 0 Å². The second kappa shape index (κ2) is 7.24. The van der Waals surface area contributed by atoms with Gasteiger partial charge in [0.25, 0.3) is 0 Å². The minimum Gasteiger partial charge on any atom is -0.313 e. The molecule has 0 aromatic heterocycles. The molecule has 1 aliphatic heterocycles. The molecule has 0 bridgehead atoms. The maximum atomic E-state index is 3.77. The van der Waals surface area contributed by atoms with Gasteiger partial charge in [0.1, 0.15) is 0 Å². The molecule has 3 heteroatoms. The van der Waals surface area contributed by atoms with E-state index in [0.717, 1.165) is 12.5 Å². The van der Waals surface area contributed by atoms with Crippen molar-refractivity contribution in [3.63, 3.8) is 0 Å². The van der Waals surface area contributed by atoms with Crippen molar-refractivity contribution < 1.29 is 0 Å². The third kappa shape index (κ3) is 3.96. The molecule has 20 heavy (non-hydrogen) atoms. The van der Waals surface area contributed by atoms with Crippen LogP contribution in [0.3, 0.4) is 0 Å². The Labute approximate surface area is 126 Å². The average molecular weight is 281 g/mol. The summed E-state index contributed by atoms with van der Waals surface area (Å²) in [6.45, 7) is 18.2. The van der Waals surface area contributed by atoms with Gasteiger partial charge < -0.3 is 15.1 Å². The van der Waals surface area contributed by atoms with Gasteiger partial charge >= 0.3 is 0 Å². The zero-order valence-electron chi connectivity index (χ0n) is 14.1. The third-order valence-electron chi connectivity index (χ3n) is 5.39. The number of piperazine rings is 1. The van der Waals surface area contributed by atoms with Crippen LogP contribution >= 0.6 is 0 Å². The van der Waals surface area contributed by atoms with Crippen LogP contribution < -0.4 is 5.32 Å². The summed E-state index contributed by atoms with van der Waals surface area (Å²) in [4.78, 5) is 5.33. The van der Waals surface area contributed by atoms with Gasteiger partial charge in [0.05, 0.1) is 0 Å². The van der Waals surface area contributed by atoms with E-state index in [4.69, 9.17) is 0 Å². The Balaban J connectivity index is 1.81. The summed E-state index contributed by atoms with van der Waals surface area (Å²) in [7, 11) is 0. The maximum absolute atomic E-state index is 3.77. The highest BCUT2D eigenvalue weighted by atomic mass is 15.3. The molecule has 0 radical (unpaired) electrons. The van der Waals surface area contributed by atoms with Gasteiger partial charge in [-0.2, -0.15) is 0 Å². The first-order valence-electron chi connectivity index (χ1n) is 8.75. The molecule has 2 rings (SSSR count). The predicted molar refractivity (Wildman–Crippen MR) is 87.1 cm³/mol. The summed E-state index contributed by atoms with van der Waals surface area (Å²) in [5.74, 6) is 0.850. The summed E-state index contributed by atoms with van der Waals surface area (Å²) in [6.07, 6.45) is 4.07. The summed E-state index contributed by atoms with van der Waals surface area (Å²) < 4.78 is 0. The summed E-state index contributed by atoms with van der Waals surface area (Å²) >= 11 is 0. The summed E-state index contributed by atoms with van der Waals surface area (Å²) in [5.41, 5.74) is 0.477. The maximum Gasteiger partial charge on any atom is 0.0159 e. The molecule has 0 spiro atoms. The molecular formula is C17H35N3. The topological polar surface area (TPSA) is 18.5 Å². The standard InChI is InChI=1S/C17H35N3/c1-5-9-19-10-12-20(13-11-19)14-15-7-8-17(3,4)16(15)18-6-2/h15-16,18H,5-14H2,1-4H3. The van der Waals surface area contributed by atoms with Crippen LogP contribution in [-0.2, 0) is 0 Å². The lowest BCUT2D eigenvalue weighted by Gasteiger charge is -2.38. The lowest BCUT2D eigenvalue weighted by Crippen LogP contribution is -2.51. The second-order valence-corrected chi connectivity index (χ2v) is 7.46. The molecule has 1 saturated carbocycles. The van der Waals surface area contributed by atoms with Crippen LogP contribution in [0, 0.1) is 11.3 Å². The van der Waals surface area contributed by atoms with Crippen LogP contribution in [0.4, 0.5) is 0 Å². The smallest absolute Gasteiger partial charge is 0.0159 e. The molecule has 0 aromatic carbocycles. The minimum absolute atomic E-state index is 0.477. The quantitative estimate of drug-likeness (QED) is 0.807. The summed E-state index contributed by atoms with van der Waals surface area (Å²) in [6, 6.07) is 0.709. The molecule has 2 atom stereocenters. The molecule has 2 fully saturated rings. The monoisotopic (exact) mass is 281 g/mol. The SMILES string of the molecule is CCCN1CCN(CC2CCC(C)(C)C2NCC)CC1. The second-order valence-electron chi connectivity index (χ2n) is 7.46. The van der Waals surface area contributed by atoms with Gasteiger partial charge in [-0.15, -0.1) is 0 Å². The number of rotatable bonds is 6. The van der Waals surface area contributed by atoms with E-state index < -0.39 is 0 Å². The Morgan fingerprint density at radius 2 is 1.70 bits per heavy atom. The Morgan fingerprint density at radius 3 is 2.30 bits per heavy atom. The first kappa shape index (κ1) is 16.3. The van der Waals surface area contributed by atoms with Crippen molar-refractivity contribution in [1.82, 2.24) is 15.1 Å². The molecule has 1 N–H and O–H groups in total.